The van der Waals surface area contributed by atoms with E-state index in [0.717, 1.165) is 22.3 Å². The molecule has 0 bridgehead atoms. The first-order valence-corrected chi connectivity index (χ1v) is 7.72. The fourth-order valence-electron chi connectivity index (χ4n) is 2.68. The Hall–Kier alpha value is -2.82. The summed E-state index contributed by atoms with van der Waals surface area (Å²) in [6.07, 6.45) is -0.834. The lowest BCUT2D eigenvalue weighted by Crippen LogP contribution is -2.31. The molecule has 24 heavy (non-hydrogen) atoms. The number of carbonyl (C=O) groups is 2. The van der Waals surface area contributed by atoms with Gasteiger partial charge in [0.05, 0.1) is 12.5 Å². The third kappa shape index (κ3) is 4.84. The molecule has 0 spiro atoms. The predicted molar refractivity (Wildman–Crippen MR) is 90.7 cm³/mol. The monoisotopic (exact) mass is 327 g/mol. The minimum atomic E-state index is -0.981. The average Bonchev–Trinajstić information content (AvgIpc) is 2.53. The van der Waals surface area contributed by atoms with E-state index in [1.54, 1.807) is 0 Å². The normalized spacial score (nSPS) is 11.6. The van der Waals surface area contributed by atoms with E-state index in [1.165, 1.54) is 0 Å². The molecule has 0 saturated carbocycles. The molecule has 2 rings (SSSR count). The number of carboxylic acids is 1. The molecule has 5 heteroatoms. The van der Waals surface area contributed by atoms with Gasteiger partial charge in [-0.25, -0.2) is 4.79 Å². The maximum absolute atomic E-state index is 12.1. The summed E-state index contributed by atoms with van der Waals surface area (Å²) in [5.74, 6) is -0.981. The summed E-state index contributed by atoms with van der Waals surface area (Å²) < 4.78 is 5.20. The molecule has 0 aromatic heterocycles. The Balaban J connectivity index is 2.08. The number of ether oxygens (including phenoxy) is 1. The summed E-state index contributed by atoms with van der Waals surface area (Å²) in [7, 11) is 0. The smallest absolute Gasteiger partial charge is 0.407 e. The number of hydrogen-bond acceptors (Lipinski definition) is 3. The van der Waals surface area contributed by atoms with Gasteiger partial charge in [-0.1, -0.05) is 48.5 Å². The molecular formula is C19H21NO4. The Bertz CT molecular complexity index is 692. The van der Waals surface area contributed by atoms with Crippen molar-refractivity contribution >= 4 is 12.1 Å². The number of carboxylic acid groups (broad SMARTS) is 1. The molecule has 0 aliphatic heterocycles. The van der Waals surface area contributed by atoms with Gasteiger partial charge in [0.1, 0.15) is 6.61 Å². The number of benzene rings is 2. The van der Waals surface area contributed by atoms with Gasteiger partial charge in [-0.05, 0) is 36.1 Å². The van der Waals surface area contributed by atoms with Crippen LogP contribution in [0.15, 0.2) is 48.5 Å². The quantitative estimate of drug-likeness (QED) is 0.847. The van der Waals surface area contributed by atoms with Gasteiger partial charge in [-0.3, -0.25) is 4.79 Å². The van der Waals surface area contributed by atoms with E-state index in [0.29, 0.717) is 0 Å². The predicted octanol–water partition coefficient (Wildman–Crippen LogP) is 3.75. The second-order valence-corrected chi connectivity index (χ2v) is 5.66. The molecule has 0 saturated heterocycles. The van der Waals surface area contributed by atoms with Crippen LogP contribution >= 0.6 is 0 Å². The van der Waals surface area contributed by atoms with Gasteiger partial charge in [-0.15, -0.1) is 0 Å². The van der Waals surface area contributed by atoms with Crippen molar-refractivity contribution in [2.45, 2.75) is 32.9 Å². The van der Waals surface area contributed by atoms with Crippen molar-refractivity contribution in [1.82, 2.24) is 5.32 Å². The molecule has 5 nitrogen and oxygen atoms in total. The second-order valence-electron chi connectivity index (χ2n) is 5.66. The van der Waals surface area contributed by atoms with Crippen LogP contribution in [-0.4, -0.2) is 17.2 Å². The highest BCUT2D eigenvalue weighted by Gasteiger charge is 2.22. The molecule has 126 valence electrons. The molecule has 0 aliphatic rings. The first kappa shape index (κ1) is 17.5. The molecule has 0 radical (unpaired) electrons. The van der Waals surface area contributed by atoms with Crippen molar-refractivity contribution in [3.63, 3.8) is 0 Å². The largest absolute Gasteiger partial charge is 0.481 e. The van der Waals surface area contributed by atoms with Crippen molar-refractivity contribution in [2.24, 2.45) is 0 Å². The number of aryl methyl sites for hydroxylation is 2. The number of hydrogen-bond donors (Lipinski definition) is 2. The van der Waals surface area contributed by atoms with Crippen LogP contribution in [0.4, 0.5) is 4.79 Å². The van der Waals surface area contributed by atoms with Crippen LogP contribution in [0.5, 0.6) is 0 Å². The Morgan fingerprint density at radius 1 is 1.04 bits per heavy atom. The standard InChI is InChI=1S/C19H21NO4/c1-13-7-6-8-14(2)18(13)16(11-17(21)22)20-19(23)24-12-15-9-4-3-5-10-15/h3-10,16H,11-12H2,1-2H3,(H,20,23)(H,21,22)/t16-/m1/s1. The fourth-order valence-corrected chi connectivity index (χ4v) is 2.68. The maximum Gasteiger partial charge on any atom is 0.407 e. The van der Waals surface area contributed by atoms with Gasteiger partial charge in [0.2, 0.25) is 0 Å². The summed E-state index contributed by atoms with van der Waals surface area (Å²) >= 11 is 0. The molecule has 1 atom stereocenters. The number of amides is 1. The van der Waals surface area contributed by atoms with E-state index in [-0.39, 0.29) is 13.0 Å². The van der Waals surface area contributed by atoms with E-state index in [2.05, 4.69) is 5.32 Å². The minimum Gasteiger partial charge on any atom is -0.481 e. The lowest BCUT2D eigenvalue weighted by molar-refractivity contribution is -0.137. The van der Waals surface area contributed by atoms with Crippen LogP contribution in [0.1, 0.15) is 34.7 Å². The van der Waals surface area contributed by atoms with Gasteiger partial charge >= 0.3 is 12.1 Å². The van der Waals surface area contributed by atoms with Crippen LogP contribution in [0.25, 0.3) is 0 Å². The van der Waals surface area contributed by atoms with Gasteiger partial charge in [-0.2, -0.15) is 0 Å². The highest BCUT2D eigenvalue weighted by Crippen LogP contribution is 2.24. The van der Waals surface area contributed by atoms with E-state index in [4.69, 9.17) is 9.84 Å². The molecule has 2 aromatic rings. The summed E-state index contributed by atoms with van der Waals surface area (Å²) in [6.45, 7) is 3.93. The third-order valence-electron chi connectivity index (χ3n) is 3.77. The molecule has 2 N–H and O–H groups in total. The minimum absolute atomic E-state index is 0.138. The van der Waals surface area contributed by atoms with Crippen molar-refractivity contribution in [3.8, 4) is 0 Å². The third-order valence-corrected chi connectivity index (χ3v) is 3.77. The van der Waals surface area contributed by atoms with E-state index in [9.17, 15) is 9.59 Å². The molecular weight excluding hydrogens is 306 g/mol. The summed E-state index contributed by atoms with van der Waals surface area (Å²) in [5, 5.41) is 11.8. The summed E-state index contributed by atoms with van der Waals surface area (Å²) in [5.41, 5.74) is 3.56. The Labute approximate surface area is 141 Å². The molecule has 0 unspecified atom stereocenters. The van der Waals surface area contributed by atoms with Crippen molar-refractivity contribution in [1.29, 1.82) is 0 Å². The number of alkyl carbamates (subject to hydrolysis) is 1. The molecule has 0 aliphatic carbocycles. The number of rotatable bonds is 6. The Kier molecular flexibility index (Phi) is 5.95. The molecule has 0 heterocycles. The highest BCUT2D eigenvalue weighted by atomic mass is 16.5. The fraction of sp³-hybridized carbons (Fsp3) is 0.263. The highest BCUT2D eigenvalue weighted by molar-refractivity contribution is 5.72. The Morgan fingerprint density at radius 3 is 2.25 bits per heavy atom. The van der Waals surface area contributed by atoms with Crippen LogP contribution in [-0.2, 0) is 16.1 Å². The topological polar surface area (TPSA) is 75.6 Å². The molecule has 1 amide bonds. The first-order chi connectivity index (χ1) is 11.5. The first-order valence-electron chi connectivity index (χ1n) is 7.72. The SMILES string of the molecule is Cc1cccc(C)c1[C@@H](CC(=O)O)NC(=O)OCc1ccccc1. The molecule has 2 aromatic carbocycles. The number of carbonyl (C=O) groups excluding carboxylic acids is 1. The van der Waals surface area contributed by atoms with Crippen molar-refractivity contribution in [2.75, 3.05) is 0 Å². The second kappa shape index (κ2) is 8.15. The lowest BCUT2D eigenvalue weighted by atomic mass is 9.94. The van der Waals surface area contributed by atoms with Crippen LogP contribution < -0.4 is 5.32 Å². The van der Waals surface area contributed by atoms with E-state index in [1.807, 2.05) is 62.4 Å². The van der Waals surface area contributed by atoms with Gasteiger partial charge < -0.3 is 15.2 Å². The zero-order chi connectivity index (χ0) is 17.5. The summed E-state index contributed by atoms with van der Waals surface area (Å²) in [4.78, 5) is 23.3. The summed E-state index contributed by atoms with van der Waals surface area (Å²) in [6, 6.07) is 14.4. The van der Waals surface area contributed by atoms with Crippen LogP contribution in [0.2, 0.25) is 0 Å². The zero-order valence-corrected chi connectivity index (χ0v) is 13.8. The van der Waals surface area contributed by atoms with E-state index < -0.39 is 18.1 Å². The van der Waals surface area contributed by atoms with Gasteiger partial charge in [0.25, 0.3) is 0 Å². The zero-order valence-electron chi connectivity index (χ0n) is 13.8. The Morgan fingerprint density at radius 2 is 1.67 bits per heavy atom. The van der Waals surface area contributed by atoms with Gasteiger partial charge in [0, 0.05) is 0 Å². The van der Waals surface area contributed by atoms with Crippen LogP contribution in [0, 0.1) is 13.8 Å². The number of nitrogens with one attached hydrogen (secondary N) is 1. The maximum atomic E-state index is 12.1. The van der Waals surface area contributed by atoms with E-state index >= 15 is 0 Å². The average molecular weight is 327 g/mol. The van der Waals surface area contributed by atoms with Crippen molar-refractivity contribution < 1.29 is 19.4 Å². The van der Waals surface area contributed by atoms with Crippen LogP contribution in [0.3, 0.4) is 0 Å². The van der Waals surface area contributed by atoms with Crippen molar-refractivity contribution in [3.05, 3.63) is 70.8 Å². The lowest BCUT2D eigenvalue weighted by Gasteiger charge is -2.21. The molecule has 0 fully saturated rings. The van der Waals surface area contributed by atoms with Gasteiger partial charge in [0.15, 0.2) is 0 Å². The number of aliphatic carboxylic acids is 1.